The predicted molar refractivity (Wildman–Crippen MR) is 69.9 cm³/mol. The Labute approximate surface area is 113 Å². The Morgan fingerprint density at radius 2 is 2.00 bits per heavy atom. The van der Waals surface area contributed by atoms with Gasteiger partial charge in [-0.1, -0.05) is 6.07 Å². The summed E-state index contributed by atoms with van der Waals surface area (Å²) in [4.78, 5) is 11.9. The molecule has 0 aromatic heterocycles. The van der Waals surface area contributed by atoms with Gasteiger partial charge >= 0.3 is 0 Å². The van der Waals surface area contributed by atoms with Crippen LogP contribution in [0.1, 0.15) is 15.9 Å². The van der Waals surface area contributed by atoms with Gasteiger partial charge in [-0.2, -0.15) is 5.26 Å². The number of anilines is 2. The molecule has 20 heavy (non-hydrogen) atoms. The molecule has 0 saturated heterocycles. The molecule has 4 nitrogen and oxygen atoms in total. The predicted octanol–water partition coefficient (Wildman–Crippen LogP) is 2.67. The van der Waals surface area contributed by atoms with Gasteiger partial charge in [0.25, 0.3) is 5.91 Å². The van der Waals surface area contributed by atoms with Gasteiger partial charge in [0.15, 0.2) is 5.82 Å². The van der Waals surface area contributed by atoms with Gasteiger partial charge in [-0.15, -0.1) is 0 Å². The third-order valence-electron chi connectivity index (χ3n) is 2.56. The Hall–Kier alpha value is -2.94. The van der Waals surface area contributed by atoms with E-state index in [1.54, 1.807) is 12.1 Å². The molecule has 6 heteroatoms. The lowest BCUT2D eigenvalue weighted by Gasteiger charge is -2.08. The Kier molecular flexibility index (Phi) is 3.62. The lowest BCUT2D eigenvalue weighted by Crippen LogP contribution is -2.15. The number of nitrogens with zero attached hydrogens (tertiary/aromatic N) is 1. The molecule has 0 saturated carbocycles. The minimum Gasteiger partial charge on any atom is -0.396 e. The molecule has 0 aliphatic rings. The molecular formula is C14H9F2N3O. The number of nitrogens with one attached hydrogen (secondary N) is 1. The first-order chi connectivity index (χ1) is 9.51. The van der Waals surface area contributed by atoms with Crippen LogP contribution >= 0.6 is 0 Å². The van der Waals surface area contributed by atoms with Crippen molar-refractivity contribution in [3.05, 3.63) is 59.2 Å². The molecule has 0 unspecified atom stereocenters. The van der Waals surface area contributed by atoms with E-state index in [2.05, 4.69) is 5.32 Å². The number of nitrogens with two attached hydrogens (primary N) is 1. The van der Waals surface area contributed by atoms with Gasteiger partial charge < -0.3 is 11.1 Å². The molecule has 2 aromatic rings. The first kappa shape index (κ1) is 13.5. The van der Waals surface area contributed by atoms with Gasteiger partial charge in [0.05, 0.1) is 22.9 Å². The summed E-state index contributed by atoms with van der Waals surface area (Å²) in [6.07, 6.45) is 0. The van der Waals surface area contributed by atoms with Gasteiger partial charge in [0.2, 0.25) is 0 Å². The summed E-state index contributed by atoms with van der Waals surface area (Å²) < 4.78 is 26.8. The van der Waals surface area contributed by atoms with Crippen LogP contribution in [0.25, 0.3) is 0 Å². The summed E-state index contributed by atoms with van der Waals surface area (Å²) in [7, 11) is 0. The zero-order valence-corrected chi connectivity index (χ0v) is 10.2. The van der Waals surface area contributed by atoms with Crippen LogP contribution in [0.15, 0.2) is 36.4 Å². The molecule has 3 N–H and O–H groups in total. The number of hydrogen-bond acceptors (Lipinski definition) is 3. The highest BCUT2D eigenvalue weighted by Gasteiger charge is 2.16. The van der Waals surface area contributed by atoms with Crippen molar-refractivity contribution in [1.29, 1.82) is 5.26 Å². The van der Waals surface area contributed by atoms with E-state index in [1.165, 1.54) is 12.1 Å². The average molecular weight is 273 g/mol. The highest BCUT2D eigenvalue weighted by atomic mass is 19.1. The number of carbonyl (C=O) groups excluding carboxylic acids is 1. The van der Waals surface area contributed by atoms with Crippen molar-refractivity contribution < 1.29 is 13.6 Å². The Morgan fingerprint density at radius 1 is 1.25 bits per heavy atom. The van der Waals surface area contributed by atoms with Gasteiger partial charge in [-0.05, 0) is 30.3 Å². The van der Waals surface area contributed by atoms with Crippen LogP contribution in [0.3, 0.4) is 0 Å². The Bertz CT molecular complexity index is 723. The summed E-state index contributed by atoms with van der Waals surface area (Å²) in [6, 6.07) is 9.51. The number of halogens is 2. The molecule has 100 valence electrons. The van der Waals surface area contributed by atoms with E-state index in [-0.39, 0.29) is 0 Å². The van der Waals surface area contributed by atoms with Crippen LogP contribution < -0.4 is 11.1 Å². The Balaban J connectivity index is 2.31. The normalized spacial score (nSPS) is 9.85. The molecule has 0 aliphatic heterocycles. The van der Waals surface area contributed by atoms with Crippen molar-refractivity contribution >= 4 is 17.3 Å². The van der Waals surface area contributed by atoms with E-state index in [4.69, 9.17) is 11.0 Å². The van der Waals surface area contributed by atoms with Crippen molar-refractivity contribution in [2.45, 2.75) is 0 Å². The fraction of sp³-hybridized carbons (Fsp3) is 0. The summed E-state index contributed by atoms with van der Waals surface area (Å²) in [6.45, 7) is 0. The van der Waals surface area contributed by atoms with E-state index < -0.39 is 28.8 Å². The number of carbonyl (C=O) groups is 1. The number of amides is 1. The van der Waals surface area contributed by atoms with Crippen molar-refractivity contribution in [2.24, 2.45) is 0 Å². The highest BCUT2D eigenvalue weighted by Crippen LogP contribution is 2.19. The van der Waals surface area contributed by atoms with Crippen molar-refractivity contribution in [1.82, 2.24) is 0 Å². The van der Waals surface area contributed by atoms with Gasteiger partial charge in [-0.25, -0.2) is 8.78 Å². The molecule has 0 radical (unpaired) electrons. The molecule has 2 rings (SSSR count). The van der Waals surface area contributed by atoms with E-state index in [1.807, 2.05) is 6.07 Å². The summed E-state index contributed by atoms with van der Waals surface area (Å²) >= 11 is 0. The third-order valence-corrected chi connectivity index (χ3v) is 2.56. The van der Waals surface area contributed by atoms with E-state index in [9.17, 15) is 13.6 Å². The molecular weight excluding hydrogens is 264 g/mol. The molecule has 0 aliphatic carbocycles. The molecule has 0 heterocycles. The quantitative estimate of drug-likeness (QED) is 0.825. The second kappa shape index (κ2) is 5.36. The van der Waals surface area contributed by atoms with Crippen LogP contribution in [-0.2, 0) is 0 Å². The van der Waals surface area contributed by atoms with Gasteiger partial charge in [-0.3, -0.25) is 4.79 Å². The van der Waals surface area contributed by atoms with Crippen molar-refractivity contribution in [3.8, 4) is 6.07 Å². The zero-order chi connectivity index (χ0) is 14.7. The average Bonchev–Trinajstić information content (AvgIpc) is 2.43. The maximum atomic E-state index is 13.7. The minimum atomic E-state index is -0.986. The SMILES string of the molecule is N#Cc1cccc(NC(=O)c2cc(F)cc(N)c2F)c1. The molecule has 1 amide bonds. The lowest BCUT2D eigenvalue weighted by atomic mass is 10.1. The maximum Gasteiger partial charge on any atom is 0.258 e. The monoisotopic (exact) mass is 273 g/mol. The summed E-state index contributed by atoms with van der Waals surface area (Å²) in [5.41, 5.74) is 4.96. The second-order valence-corrected chi connectivity index (χ2v) is 4.00. The van der Waals surface area contributed by atoms with Crippen LogP contribution in [0.5, 0.6) is 0 Å². The summed E-state index contributed by atoms with van der Waals surface area (Å²) in [5.74, 6) is -2.64. The third kappa shape index (κ3) is 2.72. The number of nitriles is 1. The number of hydrogen-bond donors (Lipinski definition) is 2. The van der Waals surface area contributed by atoms with Gasteiger partial charge in [0.1, 0.15) is 5.82 Å². The second-order valence-electron chi connectivity index (χ2n) is 4.00. The number of benzene rings is 2. The standard InChI is InChI=1S/C14H9F2N3O/c15-9-5-11(13(16)12(18)6-9)14(20)19-10-3-1-2-8(4-10)7-17/h1-6H,18H2,(H,19,20). The van der Waals surface area contributed by atoms with E-state index >= 15 is 0 Å². The number of rotatable bonds is 2. The molecule has 0 fully saturated rings. The molecule has 0 atom stereocenters. The van der Waals surface area contributed by atoms with E-state index in [0.29, 0.717) is 11.3 Å². The van der Waals surface area contributed by atoms with E-state index in [0.717, 1.165) is 12.1 Å². The lowest BCUT2D eigenvalue weighted by molar-refractivity contribution is 0.102. The largest absolute Gasteiger partial charge is 0.396 e. The Morgan fingerprint density at radius 3 is 2.70 bits per heavy atom. The van der Waals surface area contributed by atoms with Crippen LogP contribution in [0.4, 0.5) is 20.2 Å². The topological polar surface area (TPSA) is 78.9 Å². The molecule has 0 spiro atoms. The van der Waals surface area contributed by atoms with Crippen LogP contribution in [-0.4, -0.2) is 5.91 Å². The fourth-order valence-electron chi connectivity index (χ4n) is 1.64. The minimum absolute atomic E-state index is 0.302. The fourth-order valence-corrected chi connectivity index (χ4v) is 1.64. The summed E-state index contributed by atoms with van der Waals surface area (Å²) in [5, 5.41) is 11.1. The first-order valence-corrected chi connectivity index (χ1v) is 5.57. The van der Waals surface area contributed by atoms with Crippen LogP contribution in [0, 0.1) is 23.0 Å². The zero-order valence-electron chi connectivity index (χ0n) is 10.2. The van der Waals surface area contributed by atoms with Gasteiger partial charge in [0, 0.05) is 5.69 Å². The van der Waals surface area contributed by atoms with Crippen molar-refractivity contribution in [2.75, 3.05) is 11.1 Å². The van der Waals surface area contributed by atoms with Crippen LogP contribution in [0.2, 0.25) is 0 Å². The molecule has 0 bridgehead atoms. The first-order valence-electron chi connectivity index (χ1n) is 5.57. The highest BCUT2D eigenvalue weighted by molar-refractivity contribution is 6.05. The maximum absolute atomic E-state index is 13.7. The smallest absolute Gasteiger partial charge is 0.258 e. The molecule has 2 aromatic carbocycles. The van der Waals surface area contributed by atoms with Crippen molar-refractivity contribution in [3.63, 3.8) is 0 Å². The number of nitrogen functional groups attached to an aromatic ring is 1.